The van der Waals surface area contributed by atoms with Gasteiger partial charge in [-0.3, -0.25) is 4.79 Å². The molecule has 1 unspecified atom stereocenters. The third-order valence-corrected chi connectivity index (χ3v) is 2.93. The van der Waals surface area contributed by atoms with Crippen molar-refractivity contribution in [1.82, 2.24) is 0 Å². The minimum absolute atomic E-state index is 0.0366. The lowest BCUT2D eigenvalue weighted by Crippen LogP contribution is -2.30. The Morgan fingerprint density at radius 2 is 1.94 bits per heavy atom. The second kappa shape index (κ2) is 5.87. The van der Waals surface area contributed by atoms with Gasteiger partial charge in [0.2, 0.25) is 0 Å². The highest BCUT2D eigenvalue weighted by atomic mass is 16.5. The maximum Gasteiger partial charge on any atom is 0.312 e. The summed E-state index contributed by atoms with van der Waals surface area (Å²) in [5.74, 6) is -0.205. The van der Waals surface area contributed by atoms with Crippen molar-refractivity contribution >= 4 is 5.97 Å². The van der Waals surface area contributed by atoms with Crippen LogP contribution in [0, 0.1) is 5.41 Å². The Morgan fingerprint density at radius 1 is 1.39 bits per heavy atom. The number of benzene rings is 1. The van der Waals surface area contributed by atoms with Crippen molar-refractivity contribution in [3.63, 3.8) is 0 Å². The van der Waals surface area contributed by atoms with Gasteiger partial charge >= 0.3 is 5.97 Å². The van der Waals surface area contributed by atoms with E-state index >= 15 is 0 Å². The van der Waals surface area contributed by atoms with Gasteiger partial charge in [0, 0.05) is 6.04 Å². The summed E-state index contributed by atoms with van der Waals surface area (Å²) in [7, 11) is 0. The number of carboxylic acid groups (broad SMARTS) is 1. The second-order valence-electron chi connectivity index (χ2n) is 5.06. The fraction of sp³-hybridized carbons (Fsp3) is 0.500. The van der Waals surface area contributed by atoms with Crippen LogP contribution in [0.25, 0.3) is 0 Å². The van der Waals surface area contributed by atoms with Crippen LogP contribution in [0.4, 0.5) is 0 Å². The molecule has 18 heavy (non-hydrogen) atoms. The van der Waals surface area contributed by atoms with E-state index in [4.69, 9.17) is 15.6 Å². The van der Waals surface area contributed by atoms with Gasteiger partial charge in [0.15, 0.2) is 0 Å². The molecule has 4 heteroatoms. The van der Waals surface area contributed by atoms with Gasteiger partial charge in [-0.25, -0.2) is 0 Å². The highest BCUT2D eigenvalue weighted by Crippen LogP contribution is 2.21. The van der Waals surface area contributed by atoms with Gasteiger partial charge in [0.05, 0.1) is 5.41 Å². The van der Waals surface area contributed by atoms with Crippen LogP contribution < -0.4 is 10.5 Å². The molecule has 0 heterocycles. The molecule has 1 aromatic carbocycles. The molecule has 0 saturated carbocycles. The summed E-state index contributed by atoms with van der Waals surface area (Å²) in [4.78, 5) is 10.9. The average molecular weight is 251 g/mol. The molecule has 4 nitrogen and oxygen atoms in total. The Morgan fingerprint density at radius 3 is 2.39 bits per heavy atom. The second-order valence-corrected chi connectivity index (χ2v) is 5.06. The fourth-order valence-corrected chi connectivity index (χ4v) is 1.37. The predicted octanol–water partition coefficient (Wildman–Crippen LogP) is 2.59. The van der Waals surface area contributed by atoms with E-state index < -0.39 is 11.4 Å². The van der Waals surface area contributed by atoms with Crippen molar-refractivity contribution in [1.29, 1.82) is 0 Å². The fourth-order valence-electron chi connectivity index (χ4n) is 1.37. The number of aliphatic carboxylic acids is 1. The van der Waals surface area contributed by atoms with Crippen LogP contribution in [0.1, 0.15) is 38.8 Å². The zero-order valence-electron chi connectivity index (χ0n) is 11.1. The van der Waals surface area contributed by atoms with Crippen LogP contribution in [-0.2, 0) is 4.79 Å². The molecule has 0 bridgehead atoms. The zero-order chi connectivity index (χ0) is 13.8. The molecule has 1 rings (SSSR count). The smallest absolute Gasteiger partial charge is 0.312 e. The maximum absolute atomic E-state index is 10.9. The Hall–Kier alpha value is -1.55. The molecule has 1 aromatic rings. The first-order chi connectivity index (χ1) is 8.36. The van der Waals surface area contributed by atoms with Gasteiger partial charge in [-0.15, -0.1) is 0 Å². The van der Waals surface area contributed by atoms with Crippen molar-refractivity contribution in [2.45, 2.75) is 33.2 Å². The van der Waals surface area contributed by atoms with Crippen LogP contribution >= 0.6 is 0 Å². The monoisotopic (exact) mass is 251 g/mol. The zero-order valence-corrected chi connectivity index (χ0v) is 11.1. The van der Waals surface area contributed by atoms with Crippen LogP contribution in [0.3, 0.4) is 0 Å². The van der Waals surface area contributed by atoms with Gasteiger partial charge < -0.3 is 15.6 Å². The third-order valence-electron chi connectivity index (χ3n) is 2.93. The Balaban J connectivity index is 2.62. The van der Waals surface area contributed by atoms with Crippen molar-refractivity contribution < 1.29 is 14.6 Å². The van der Waals surface area contributed by atoms with E-state index in [2.05, 4.69) is 0 Å². The molecule has 0 aliphatic carbocycles. The molecule has 0 saturated heterocycles. The number of nitrogens with two attached hydrogens (primary N) is 1. The predicted molar refractivity (Wildman–Crippen MR) is 70.6 cm³/mol. The summed E-state index contributed by atoms with van der Waals surface area (Å²) < 4.78 is 5.48. The van der Waals surface area contributed by atoms with Crippen molar-refractivity contribution in [3.05, 3.63) is 29.8 Å². The molecular weight excluding hydrogens is 230 g/mol. The molecule has 0 spiro atoms. The number of rotatable bonds is 6. The van der Waals surface area contributed by atoms with E-state index in [-0.39, 0.29) is 12.6 Å². The van der Waals surface area contributed by atoms with Crippen molar-refractivity contribution in [2.24, 2.45) is 11.1 Å². The van der Waals surface area contributed by atoms with Gasteiger partial charge in [-0.05, 0) is 38.0 Å². The molecule has 0 aliphatic heterocycles. The summed E-state index contributed by atoms with van der Waals surface area (Å²) in [5, 5.41) is 8.97. The SMILES string of the molecule is CCC(N)c1ccc(OCC(C)(C)C(=O)O)cc1. The van der Waals surface area contributed by atoms with Gasteiger partial charge in [0.25, 0.3) is 0 Å². The van der Waals surface area contributed by atoms with E-state index in [1.54, 1.807) is 13.8 Å². The molecule has 100 valence electrons. The molecule has 1 atom stereocenters. The highest BCUT2D eigenvalue weighted by molar-refractivity contribution is 5.73. The minimum atomic E-state index is -0.890. The molecule has 0 fully saturated rings. The van der Waals surface area contributed by atoms with Gasteiger partial charge in [0.1, 0.15) is 12.4 Å². The van der Waals surface area contributed by atoms with Crippen LogP contribution in [-0.4, -0.2) is 17.7 Å². The minimum Gasteiger partial charge on any atom is -0.492 e. The normalized spacial score (nSPS) is 13.1. The number of carbonyl (C=O) groups is 1. The summed E-state index contributed by atoms with van der Waals surface area (Å²) in [6, 6.07) is 7.51. The van der Waals surface area contributed by atoms with E-state index in [0.29, 0.717) is 5.75 Å². The number of hydrogen-bond donors (Lipinski definition) is 2. The molecule has 0 amide bonds. The Bertz CT molecular complexity index is 398. The van der Waals surface area contributed by atoms with E-state index in [9.17, 15) is 4.79 Å². The lowest BCUT2D eigenvalue weighted by molar-refractivity contribution is -0.148. The van der Waals surface area contributed by atoms with Gasteiger partial charge in [-0.2, -0.15) is 0 Å². The van der Waals surface area contributed by atoms with E-state index in [1.807, 2.05) is 31.2 Å². The largest absolute Gasteiger partial charge is 0.492 e. The summed E-state index contributed by atoms with van der Waals surface area (Å²) in [6.07, 6.45) is 0.881. The van der Waals surface area contributed by atoms with Gasteiger partial charge in [-0.1, -0.05) is 19.1 Å². The summed E-state index contributed by atoms with van der Waals surface area (Å²) >= 11 is 0. The first kappa shape index (κ1) is 14.5. The van der Waals surface area contributed by atoms with Crippen LogP contribution in [0.2, 0.25) is 0 Å². The van der Waals surface area contributed by atoms with E-state index in [0.717, 1.165) is 12.0 Å². The molecule has 0 radical (unpaired) electrons. The lowest BCUT2D eigenvalue weighted by Gasteiger charge is -2.19. The van der Waals surface area contributed by atoms with Crippen LogP contribution in [0.5, 0.6) is 5.75 Å². The Labute approximate surface area is 108 Å². The Kier molecular flexibility index (Phi) is 4.73. The maximum atomic E-state index is 10.9. The van der Waals surface area contributed by atoms with Crippen molar-refractivity contribution in [2.75, 3.05) is 6.61 Å². The summed E-state index contributed by atoms with van der Waals surface area (Å²) in [5.41, 5.74) is 6.08. The van der Waals surface area contributed by atoms with Crippen LogP contribution in [0.15, 0.2) is 24.3 Å². The molecule has 3 N–H and O–H groups in total. The lowest BCUT2D eigenvalue weighted by atomic mass is 9.95. The standard InChI is InChI=1S/C14H21NO3/c1-4-12(15)10-5-7-11(8-6-10)18-9-14(2,3)13(16)17/h5-8,12H,4,9,15H2,1-3H3,(H,16,17). The number of ether oxygens (including phenoxy) is 1. The average Bonchev–Trinajstić information content (AvgIpc) is 2.36. The third kappa shape index (κ3) is 3.74. The first-order valence-corrected chi connectivity index (χ1v) is 6.08. The molecule has 0 aromatic heterocycles. The number of hydrogen-bond acceptors (Lipinski definition) is 3. The highest BCUT2D eigenvalue weighted by Gasteiger charge is 2.28. The molecule has 0 aliphatic rings. The topological polar surface area (TPSA) is 72.5 Å². The van der Waals surface area contributed by atoms with Crippen molar-refractivity contribution in [3.8, 4) is 5.75 Å². The quantitative estimate of drug-likeness (QED) is 0.815. The summed E-state index contributed by atoms with van der Waals surface area (Å²) in [6.45, 7) is 5.44. The van der Waals surface area contributed by atoms with E-state index in [1.165, 1.54) is 0 Å². The molecular formula is C14H21NO3. The first-order valence-electron chi connectivity index (χ1n) is 6.08. The number of carboxylic acids is 1.